The van der Waals surface area contributed by atoms with E-state index in [1.165, 1.54) is 0 Å². The van der Waals surface area contributed by atoms with Crippen LogP contribution in [0, 0.1) is 0 Å². The number of hydrogen-bond acceptors (Lipinski definition) is 3. The molecule has 1 aliphatic rings. The summed E-state index contributed by atoms with van der Waals surface area (Å²) in [6.07, 6.45) is 5.23. The summed E-state index contributed by atoms with van der Waals surface area (Å²) in [6, 6.07) is 9.99. The lowest BCUT2D eigenvalue weighted by Crippen LogP contribution is -2.51. The summed E-state index contributed by atoms with van der Waals surface area (Å²) in [6.45, 7) is 1.65. The molecule has 1 heterocycles. The van der Waals surface area contributed by atoms with Crippen LogP contribution in [0.2, 0.25) is 0 Å². The number of aliphatic hydroxyl groups excluding tert-OH is 1. The molecule has 0 saturated carbocycles. The molecule has 0 spiro atoms. The highest BCUT2D eigenvalue weighted by molar-refractivity contribution is 5.79. The Balaban J connectivity index is 1.70. The van der Waals surface area contributed by atoms with Crippen LogP contribution < -0.4 is 0 Å². The summed E-state index contributed by atoms with van der Waals surface area (Å²) in [5, 5.41) is 8.82. The molecule has 0 atom stereocenters. The van der Waals surface area contributed by atoms with Crippen molar-refractivity contribution < 1.29 is 14.7 Å². The highest BCUT2D eigenvalue weighted by Gasteiger charge is 2.22. The van der Waals surface area contributed by atoms with E-state index in [9.17, 15) is 9.59 Å². The van der Waals surface area contributed by atoms with Crippen molar-refractivity contribution >= 4 is 17.9 Å². The minimum absolute atomic E-state index is 0.119. The van der Waals surface area contributed by atoms with Crippen LogP contribution in [0.1, 0.15) is 18.4 Å². The lowest BCUT2D eigenvalue weighted by molar-refractivity contribution is -0.141. The van der Waals surface area contributed by atoms with Gasteiger partial charge in [0.05, 0.1) is 0 Å². The standard InChI is InChI=1S/C17H22N2O3/c20-14-17(22)19-12-10-18(11-13-19)16(21)9-5-4-8-15-6-2-1-3-7-15/h1-4,6-8,20H,5,9-14H2/b8-4+. The van der Waals surface area contributed by atoms with Crippen molar-refractivity contribution in [2.45, 2.75) is 12.8 Å². The van der Waals surface area contributed by atoms with Crippen molar-refractivity contribution in [3.05, 3.63) is 42.0 Å². The first-order valence-electron chi connectivity index (χ1n) is 7.58. The van der Waals surface area contributed by atoms with Gasteiger partial charge in [-0.15, -0.1) is 0 Å². The van der Waals surface area contributed by atoms with Gasteiger partial charge in [0, 0.05) is 32.6 Å². The van der Waals surface area contributed by atoms with Gasteiger partial charge in [-0.25, -0.2) is 0 Å². The molecular weight excluding hydrogens is 280 g/mol. The van der Waals surface area contributed by atoms with Crippen molar-refractivity contribution in [3.8, 4) is 0 Å². The number of rotatable bonds is 5. The second kappa shape index (κ2) is 8.34. The summed E-state index contributed by atoms with van der Waals surface area (Å²) >= 11 is 0. The molecule has 1 saturated heterocycles. The number of benzene rings is 1. The van der Waals surface area contributed by atoms with Crippen molar-refractivity contribution in [3.63, 3.8) is 0 Å². The predicted octanol–water partition coefficient (Wildman–Crippen LogP) is 1.14. The monoisotopic (exact) mass is 302 g/mol. The van der Waals surface area contributed by atoms with Crippen LogP contribution in [-0.4, -0.2) is 59.5 Å². The van der Waals surface area contributed by atoms with Gasteiger partial charge in [-0.05, 0) is 12.0 Å². The summed E-state index contributed by atoms with van der Waals surface area (Å²) in [5.74, 6) is -0.147. The van der Waals surface area contributed by atoms with Crippen LogP contribution in [0.25, 0.3) is 6.08 Å². The topological polar surface area (TPSA) is 60.9 Å². The first-order chi connectivity index (χ1) is 10.7. The molecule has 0 radical (unpaired) electrons. The number of allylic oxidation sites excluding steroid dienone is 1. The smallest absolute Gasteiger partial charge is 0.248 e. The van der Waals surface area contributed by atoms with Crippen molar-refractivity contribution in [2.75, 3.05) is 32.8 Å². The van der Waals surface area contributed by atoms with E-state index in [4.69, 9.17) is 5.11 Å². The molecule has 0 aromatic heterocycles. The molecule has 1 aromatic carbocycles. The van der Waals surface area contributed by atoms with Gasteiger partial charge < -0.3 is 14.9 Å². The Bertz CT molecular complexity index is 520. The molecule has 2 rings (SSSR count). The number of hydrogen-bond donors (Lipinski definition) is 1. The van der Waals surface area contributed by atoms with Gasteiger partial charge in [0.25, 0.3) is 0 Å². The van der Waals surface area contributed by atoms with E-state index < -0.39 is 6.61 Å². The van der Waals surface area contributed by atoms with Gasteiger partial charge in [0.1, 0.15) is 6.61 Å². The lowest BCUT2D eigenvalue weighted by Gasteiger charge is -2.34. The van der Waals surface area contributed by atoms with E-state index in [0.29, 0.717) is 39.0 Å². The number of carbonyl (C=O) groups is 2. The highest BCUT2D eigenvalue weighted by atomic mass is 16.3. The van der Waals surface area contributed by atoms with Gasteiger partial charge in [-0.2, -0.15) is 0 Å². The Labute approximate surface area is 130 Å². The number of nitrogens with zero attached hydrogens (tertiary/aromatic N) is 2. The van der Waals surface area contributed by atoms with E-state index in [1.54, 1.807) is 9.80 Å². The molecule has 0 bridgehead atoms. The molecule has 1 N–H and O–H groups in total. The molecule has 118 valence electrons. The third kappa shape index (κ3) is 4.70. The van der Waals surface area contributed by atoms with Crippen LogP contribution in [0.15, 0.2) is 36.4 Å². The Hall–Kier alpha value is -2.14. The van der Waals surface area contributed by atoms with Crippen molar-refractivity contribution in [1.82, 2.24) is 9.80 Å². The van der Waals surface area contributed by atoms with Crippen LogP contribution in [-0.2, 0) is 9.59 Å². The SMILES string of the molecule is O=C(CO)N1CCN(C(=O)CC/C=C/c2ccccc2)CC1. The zero-order valence-electron chi connectivity index (χ0n) is 12.6. The van der Waals surface area contributed by atoms with Crippen LogP contribution in [0.5, 0.6) is 0 Å². The summed E-state index contributed by atoms with van der Waals surface area (Å²) in [4.78, 5) is 26.8. The molecule has 0 unspecified atom stereocenters. The third-order valence-corrected chi connectivity index (χ3v) is 3.76. The predicted molar refractivity (Wildman–Crippen MR) is 85.0 cm³/mol. The lowest BCUT2D eigenvalue weighted by atomic mass is 10.2. The number of carbonyl (C=O) groups excluding carboxylic acids is 2. The minimum atomic E-state index is -0.460. The van der Waals surface area contributed by atoms with Crippen LogP contribution in [0.4, 0.5) is 0 Å². The Morgan fingerprint density at radius 3 is 2.18 bits per heavy atom. The van der Waals surface area contributed by atoms with Gasteiger partial charge in [0.2, 0.25) is 11.8 Å². The molecule has 1 aromatic rings. The second-order valence-corrected chi connectivity index (χ2v) is 5.27. The summed E-state index contributed by atoms with van der Waals surface area (Å²) in [5.41, 5.74) is 1.13. The summed E-state index contributed by atoms with van der Waals surface area (Å²) < 4.78 is 0. The molecular formula is C17H22N2O3. The van der Waals surface area contributed by atoms with Crippen LogP contribution >= 0.6 is 0 Å². The zero-order chi connectivity index (χ0) is 15.8. The fourth-order valence-corrected chi connectivity index (χ4v) is 2.45. The molecule has 1 fully saturated rings. The largest absolute Gasteiger partial charge is 0.387 e. The highest BCUT2D eigenvalue weighted by Crippen LogP contribution is 2.07. The van der Waals surface area contributed by atoms with Gasteiger partial charge >= 0.3 is 0 Å². The number of piperazine rings is 1. The average molecular weight is 302 g/mol. The van der Waals surface area contributed by atoms with E-state index in [2.05, 4.69) is 0 Å². The normalized spacial score (nSPS) is 15.3. The summed E-state index contributed by atoms with van der Waals surface area (Å²) in [7, 11) is 0. The fourth-order valence-electron chi connectivity index (χ4n) is 2.45. The third-order valence-electron chi connectivity index (χ3n) is 3.76. The van der Waals surface area contributed by atoms with Gasteiger partial charge in [-0.1, -0.05) is 42.5 Å². The maximum atomic E-state index is 12.1. The number of amides is 2. The molecule has 5 heteroatoms. The van der Waals surface area contributed by atoms with E-state index in [0.717, 1.165) is 5.56 Å². The average Bonchev–Trinajstić information content (AvgIpc) is 2.59. The van der Waals surface area contributed by atoms with E-state index in [-0.39, 0.29) is 11.8 Å². The van der Waals surface area contributed by atoms with Gasteiger partial charge in [-0.3, -0.25) is 9.59 Å². The van der Waals surface area contributed by atoms with E-state index >= 15 is 0 Å². The fraction of sp³-hybridized carbons (Fsp3) is 0.412. The molecule has 5 nitrogen and oxygen atoms in total. The minimum Gasteiger partial charge on any atom is -0.387 e. The molecule has 2 amide bonds. The Morgan fingerprint density at radius 1 is 1.00 bits per heavy atom. The second-order valence-electron chi connectivity index (χ2n) is 5.27. The Kier molecular flexibility index (Phi) is 6.15. The molecule has 1 aliphatic heterocycles. The van der Waals surface area contributed by atoms with Crippen molar-refractivity contribution in [2.24, 2.45) is 0 Å². The molecule has 0 aliphatic carbocycles. The van der Waals surface area contributed by atoms with E-state index in [1.807, 2.05) is 42.5 Å². The number of aliphatic hydroxyl groups is 1. The zero-order valence-corrected chi connectivity index (χ0v) is 12.6. The van der Waals surface area contributed by atoms with Crippen molar-refractivity contribution in [1.29, 1.82) is 0 Å². The quantitative estimate of drug-likeness (QED) is 0.887. The first-order valence-corrected chi connectivity index (χ1v) is 7.58. The first kappa shape index (κ1) is 16.2. The molecule has 22 heavy (non-hydrogen) atoms. The van der Waals surface area contributed by atoms with Crippen LogP contribution in [0.3, 0.4) is 0 Å². The van der Waals surface area contributed by atoms with Gasteiger partial charge in [0.15, 0.2) is 0 Å². The maximum Gasteiger partial charge on any atom is 0.248 e. The maximum absolute atomic E-state index is 12.1. The Morgan fingerprint density at radius 2 is 1.59 bits per heavy atom.